The number of nitriles is 1. The summed E-state index contributed by atoms with van der Waals surface area (Å²) in [7, 11) is 0. The zero-order valence-electron chi connectivity index (χ0n) is 11.9. The standard InChI is InChI=1S/C16H23BrN2/c1-3-16(4-2,13-17)14-19(12-8-11-18)15-9-6-5-7-10-15/h5-7,9-10H,3-4,8,12-14H2,1-2H3. The zero-order valence-corrected chi connectivity index (χ0v) is 13.5. The Morgan fingerprint density at radius 1 is 1.21 bits per heavy atom. The van der Waals surface area contributed by atoms with Gasteiger partial charge >= 0.3 is 0 Å². The molecule has 0 heterocycles. The molecule has 0 unspecified atom stereocenters. The van der Waals surface area contributed by atoms with Crippen LogP contribution in [0.2, 0.25) is 0 Å². The van der Waals surface area contributed by atoms with Crippen LogP contribution in [0.4, 0.5) is 5.69 Å². The minimum absolute atomic E-state index is 0.283. The van der Waals surface area contributed by atoms with E-state index in [-0.39, 0.29) is 5.41 Å². The van der Waals surface area contributed by atoms with Crippen LogP contribution in [-0.2, 0) is 0 Å². The first-order valence-corrected chi connectivity index (χ1v) is 8.06. The van der Waals surface area contributed by atoms with Crippen LogP contribution < -0.4 is 4.90 Å². The molecule has 104 valence electrons. The molecule has 0 radical (unpaired) electrons. The Balaban J connectivity index is 2.89. The highest BCUT2D eigenvalue weighted by Gasteiger charge is 2.27. The predicted molar refractivity (Wildman–Crippen MR) is 85.7 cm³/mol. The molecule has 0 atom stereocenters. The van der Waals surface area contributed by atoms with E-state index in [2.05, 4.69) is 65.0 Å². The van der Waals surface area contributed by atoms with Crippen molar-refractivity contribution in [1.82, 2.24) is 0 Å². The summed E-state index contributed by atoms with van der Waals surface area (Å²) in [6.07, 6.45) is 2.86. The van der Waals surface area contributed by atoms with E-state index in [0.29, 0.717) is 6.42 Å². The molecule has 19 heavy (non-hydrogen) atoms. The summed E-state index contributed by atoms with van der Waals surface area (Å²) in [6, 6.07) is 12.7. The molecule has 0 spiro atoms. The molecular formula is C16H23BrN2. The van der Waals surface area contributed by atoms with Gasteiger partial charge in [-0.2, -0.15) is 5.26 Å². The van der Waals surface area contributed by atoms with Crippen LogP contribution in [0.5, 0.6) is 0 Å². The van der Waals surface area contributed by atoms with Crippen molar-refractivity contribution in [2.24, 2.45) is 5.41 Å². The fraction of sp³-hybridized carbons (Fsp3) is 0.562. The van der Waals surface area contributed by atoms with Crippen LogP contribution >= 0.6 is 15.9 Å². The number of alkyl halides is 1. The van der Waals surface area contributed by atoms with Crippen molar-refractivity contribution in [3.63, 3.8) is 0 Å². The van der Waals surface area contributed by atoms with Gasteiger partial charge in [0.25, 0.3) is 0 Å². The number of rotatable bonds is 8. The molecule has 0 saturated heterocycles. The van der Waals surface area contributed by atoms with E-state index in [1.807, 2.05) is 6.07 Å². The van der Waals surface area contributed by atoms with Crippen molar-refractivity contribution in [2.45, 2.75) is 33.1 Å². The van der Waals surface area contributed by atoms with E-state index < -0.39 is 0 Å². The number of anilines is 1. The molecule has 0 aromatic heterocycles. The molecule has 0 fully saturated rings. The molecule has 0 N–H and O–H groups in total. The molecule has 0 aliphatic heterocycles. The summed E-state index contributed by atoms with van der Waals surface area (Å²) in [5.41, 5.74) is 1.50. The fourth-order valence-corrected chi connectivity index (χ4v) is 3.20. The van der Waals surface area contributed by atoms with Crippen LogP contribution in [0.25, 0.3) is 0 Å². The van der Waals surface area contributed by atoms with Gasteiger partial charge in [0.1, 0.15) is 0 Å². The predicted octanol–water partition coefficient (Wildman–Crippen LogP) is 4.61. The monoisotopic (exact) mass is 322 g/mol. The van der Waals surface area contributed by atoms with Crippen LogP contribution in [0, 0.1) is 16.7 Å². The molecule has 0 aliphatic rings. The summed E-state index contributed by atoms with van der Waals surface area (Å²) in [6.45, 7) is 6.29. The van der Waals surface area contributed by atoms with Gasteiger partial charge in [-0.05, 0) is 30.4 Å². The molecular weight excluding hydrogens is 300 g/mol. The average molecular weight is 323 g/mol. The van der Waals surface area contributed by atoms with Gasteiger partial charge in [0.15, 0.2) is 0 Å². The first-order valence-electron chi connectivity index (χ1n) is 6.94. The number of benzene rings is 1. The molecule has 1 aromatic carbocycles. The van der Waals surface area contributed by atoms with Gasteiger partial charge in [-0.15, -0.1) is 0 Å². The van der Waals surface area contributed by atoms with Crippen LogP contribution in [0.15, 0.2) is 30.3 Å². The first kappa shape index (κ1) is 16.0. The largest absolute Gasteiger partial charge is 0.370 e. The quantitative estimate of drug-likeness (QED) is 0.653. The number of hydrogen-bond donors (Lipinski definition) is 0. The number of nitrogens with zero attached hydrogens (tertiary/aromatic N) is 2. The molecule has 0 bridgehead atoms. The minimum atomic E-state index is 0.283. The fourth-order valence-electron chi connectivity index (χ4n) is 2.23. The topological polar surface area (TPSA) is 27.0 Å². The molecule has 1 aromatic rings. The van der Waals surface area contributed by atoms with Crippen molar-refractivity contribution >= 4 is 21.6 Å². The van der Waals surface area contributed by atoms with Crippen LogP contribution in [0.1, 0.15) is 33.1 Å². The van der Waals surface area contributed by atoms with Crippen molar-refractivity contribution in [3.8, 4) is 6.07 Å². The van der Waals surface area contributed by atoms with E-state index in [9.17, 15) is 0 Å². The van der Waals surface area contributed by atoms with E-state index in [1.54, 1.807) is 0 Å². The van der Waals surface area contributed by atoms with Crippen molar-refractivity contribution in [2.75, 3.05) is 23.3 Å². The highest BCUT2D eigenvalue weighted by atomic mass is 79.9. The van der Waals surface area contributed by atoms with Gasteiger partial charge in [-0.25, -0.2) is 0 Å². The lowest BCUT2D eigenvalue weighted by Crippen LogP contribution is -2.39. The lowest BCUT2D eigenvalue weighted by molar-refractivity contribution is 0.312. The summed E-state index contributed by atoms with van der Waals surface area (Å²) < 4.78 is 0. The zero-order chi connectivity index (χ0) is 14.1. The molecule has 1 rings (SSSR count). The highest BCUT2D eigenvalue weighted by Crippen LogP contribution is 2.31. The number of halogens is 1. The third-order valence-electron chi connectivity index (χ3n) is 3.92. The Hall–Kier alpha value is -1.01. The highest BCUT2D eigenvalue weighted by molar-refractivity contribution is 9.09. The second-order valence-electron chi connectivity index (χ2n) is 5.01. The van der Waals surface area contributed by atoms with Crippen molar-refractivity contribution in [3.05, 3.63) is 30.3 Å². The lowest BCUT2D eigenvalue weighted by Gasteiger charge is -2.37. The third kappa shape index (κ3) is 4.54. The molecule has 3 heteroatoms. The maximum atomic E-state index is 8.85. The van der Waals surface area contributed by atoms with E-state index in [4.69, 9.17) is 5.26 Å². The molecule has 2 nitrogen and oxygen atoms in total. The minimum Gasteiger partial charge on any atom is -0.370 e. The van der Waals surface area contributed by atoms with Gasteiger partial charge in [0.2, 0.25) is 0 Å². The summed E-state index contributed by atoms with van der Waals surface area (Å²) >= 11 is 3.67. The third-order valence-corrected chi connectivity index (χ3v) is 5.11. The second kappa shape index (κ2) is 8.22. The SMILES string of the molecule is CCC(CC)(CBr)CN(CCC#N)c1ccccc1. The molecule has 0 saturated carbocycles. The average Bonchev–Trinajstić information content (AvgIpc) is 2.49. The van der Waals surface area contributed by atoms with Gasteiger partial charge in [-0.1, -0.05) is 48.0 Å². The van der Waals surface area contributed by atoms with Gasteiger partial charge in [-0.3, -0.25) is 0 Å². The number of hydrogen-bond acceptors (Lipinski definition) is 2. The maximum Gasteiger partial charge on any atom is 0.0640 e. The maximum absolute atomic E-state index is 8.85. The molecule has 0 aliphatic carbocycles. The van der Waals surface area contributed by atoms with Gasteiger partial charge < -0.3 is 4.90 Å². The summed E-state index contributed by atoms with van der Waals surface area (Å²) in [4.78, 5) is 2.34. The van der Waals surface area contributed by atoms with Crippen molar-refractivity contribution in [1.29, 1.82) is 5.26 Å². The van der Waals surface area contributed by atoms with E-state index in [1.165, 1.54) is 5.69 Å². The normalized spacial score (nSPS) is 11.1. The first-order chi connectivity index (χ1) is 9.21. The summed E-state index contributed by atoms with van der Waals surface area (Å²) in [5.74, 6) is 0. The molecule has 0 amide bonds. The lowest BCUT2D eigenvalue weighted by atomic mass is 9.84. The van der Waals surface area contributed by atoms with Gasteiger partial charge in [0, 0.05) is 24.1 Å². The number of para-hydroxylation sites is 1. The van der Waals surface area contributed by atoms with Gasteiger partial charge in [0.05, 0.1) is 12.5 Å². The van der Waals surface area contributed by atoms with E-state index >= 15 is 0 Å². The Labute approximate surface area is 125 Å². The van der Waals surface area contributed by atoms with Crippen LogP contribution in [0.3, 0.4) is 0 Å². The van der Waals surface area contributed by atoms with Crippen molar-refractivity contribution < 1.29 is 0 Å². The Morgan fingerprint density at radius 3 is 2.32 bits per heavy atom. The Bertz CT molecular complexity index is 385. The van der Waals surface area contributed by atoms with E-state index in [0.717, 1.165) is 31.3 Å². The second-order valence-corrected chi connectivity index (χ2v) is 5.57. The smallest absolute Gasteiger partial charge is 0.0640 e. The van der Waals surface area contributed by atoms with Crippen LogP contribution in [-0.4, -0.2) is 18.4 Å². The Morgan fingerprint density at radius 2 is 1.84 bits per heavy atom. The summed E-state index contributed by atoms with van der Waals surface area (Å²) in [5, 5.41) is 9.85. The Kier molecular flexibility index (Phi) is 6.94.